The Kier molecular flexibility index (Phi) is 12.2. The number of carbonyl (C=O) groups is 1. The van der Waals surface area contributed by atoms with Crippen LogP contribution in [0.3, 0.4) is 0 Å². The van der Waals surface area contributed by atoms with Crippen LogP contribution in [-0.4, -0.2) is 74.3 Å². The summed E-state index contributed by atoms with van der Waals surface area (Å²) in [5.74, 6) is 0.130. The van der Waals surface area contributed by atoms with Crippen molar-refractivity contribution in [2.24, 2.45) is 0 Å². The molecule has 0 amide bonds. The number of benzene rings is 2. The summed E-state index contributed by atoms with van der Waals surface area (Å²) in [5, 5.41) is 0. The molecule has 2 aromatic carbocycles. The van der Waals surface area contributed by atoms with Gasteiger partial charge >= 0.3 is 35.7 Å². The zero-order chi connectivity index (χ0) is 19.6. The number of nitrogens with zero attached hydrogens (tertiary/aromatic N) is 1. The molecule has 0 spiro atoms. The second kappa shape index (κ2) is 12.9. The first kappa shape index (κ1) is 25.6. The molecule has 0 atom stereocenters. The van der Waals surface area contributed by atoms with Gasteiger partial charge in [-0.3, -0.25) is 4.55 Å². The van der Waals surface area contributed by atoms with Crippen LogP contribution in [-0.2, 0) is 21.4 Å². The zero-order valence-electron chi connectivity index (χ0n) is 15.0. The third-order valence-electron chi connectivity index (χ3n) is 2.93. The van der Waals surface area contributed by atoms with Gasteiger partial charge in [-0.15, -0.1) is 0 Å². The Balaban J connectivity index is 0.000000531. The average Bonchev–Trinajstić information content (AvgIpc) is 2.55. The van der Waals surface area contributed by atoms with E-state index in [0.717, 1.165) is 18.7 Å². The van der Waals surface area contributed by atoms with E-state index in [1.165, 1.54) is 17.7 Å². The maximum atomic E-state index is 10.9. The van der Waals surface area contributed by atoms with Crippen LogP contribution in [0.15, 0.2) is 59.5 Å². The third kappa shape index (κ3) is 11.1. The van der Waals surface area contributed by atoms with Crippen molar-refractivity contribution >= 4 is 45.8 Å². The molecule has 2 rings (SSSR count). The Morgan fingerprint density at radius 1 is 1.04 bits per heavy atom. The van der Waals surface area contributed by atoms with E-state index in [1.807, 2.05) is 6.07 Å². The number of rotatable bonds is 5. The maximum absolute atomic E-state index is 10.9. The second-order valence-corrected chi connectivity index (χ2v) is 6.88. The Morgan fingerprint density at radius 3 is 2.04 bits per heavy atom. The van der Waals surface area contributed by atoms with Gasteiger partial charge in [0, 0.05) is 6.54 Å². The number of hydrogen-bond donors (Lipinski definition) is 1. The minimum atomic E-state index is -4.23. The Hall–Kier alpha value is -1.42. The van der Waals surface area contributed by atoms with Crippen LogP contribution in [0.1, 0.15) is 12.5 Å². The Morgan fingerprint density at radius 2 is 1.59 bits per heavy atom. The van der Waals surface area contributed by atoms with Crippen molar-refractivity contribution in [2.75, 3.05) is 20.7 Å². The van der Waals surface area contributed by atoms with E-state index in [-0.39, 0.29) is 46.8 Å². The molecule has 0 aliphatic heterocycles. The van der Waals surface area contributed by atoms with Gasteiger partial charge in [0.15, 0.2) is 0 Å². The summed E-state index contributed by atoms with van der Waals surface area (Å²) in [4.78, 5) is 12.8. The van der Waals surface area contributed by atoms with Gasteiger partial charge in [0.2, 0.25) is 0 Å². The van der Waals surface area contributed by atoms with Crippen molar-refractivity contribution in [1.29, 1.82) is 0 Å². The minimum absolute atomic E-state index is 0. The molecule has 0 fully saturated rings. The first-order valence-corrected chi connectivity index (χ1v) is 9.27. The molecule has 0 radical (unpaired) electrons. The summed E-state index contributed by atoms with van der Waals surface area (Å²) in [5.41, 5.74) is 1.37. The van der Waals surface area contributed by atoms with Gasteiger partial charge in [0.25, 0.3) is 10.1 Å². The first-order chi connectivity index (χ1) is 12.2. The average molecular weight is 405 g/mol. The Labute approximate surface area is 182 Å². The molecule has 0 heterocycles. The van der Waals surface area contributed by atoms with Gasteiger partial charge in [0.05, 0.1) is 11.5 Å². The van der Waals surface area contributed by atoms with Crippen molar-refractivity contribution in [3.05, 3.63) is 60.2 Å². The van der Waals surface area contributed by atoms with Crippen molar-refractivity contribution < 1.29 is 27.2 Å². The summed E-state index contributed by atoms with van der Waals surface area (Å²) >= 11 is 0. The van der Waals surface area contributed by atoms with Gasteiger partial charge in [-0.05, 0) is 50.8 Å². The molecule has 7 nitrogen and oxygen atoms in total. The van der Waals surface area contributed by atoms with Crippen molar-refractivity contribution in [3.63, 3.8) is 0 Å². The van der Waals surface area contributed by atoms with Gasteiger partial charge in [0.1, 0.15) is 5.75 Å². The number of hydrogen-bond acceptors (Lipinski definition) is 6. The van der Waals surface area contributed by atoms with Gasteiger partial charge in [-0.1, -0.05) is 30.3 Å². The fourth-order valence-electron chi connectivity index (χ4n) is 1.87. The van der Waals surface area contributed by atoms with Crippen LogP contribution in [0.5, 0.6) is 5.75 Å². The number of carbonyl (C=O) groups excluding carboxylic acids is 1. The fourth-order valence-corrected chi connectivity index (χ4v) is 2.35. The molecule has 0 bridgehead atoms. The predicted molar refractivity (Wildman–Crippen MR) is 105 cm³/mol. The molecule has 1 N–H and O–H groups in total. The summed E-state index contributed by atoms with van der Waals surface area (Å²) in [6, 6.07) is 15.2. The molecular formula is C18H24NNaO6S. The van der Waals surface area contributed by atoms with Crippen LogP contribution >= 0.6 is 0 Å². The van der Waals surface area contributed by atoms with Crippen LogP contribution in [0, 0.1) is 0 Å². The molecule has 9 heteroatoms. The molecule has 0 aromatic heterocycles. The summed E-state index contributed by atoms with van der Waals surface area (Å²) in [6.07, 6.45) is -0.873. The van der Waals surface area contributed by atoms with E-state index in [2.05, 4.69) is 52.7 Å². The molecule has 0 saturated heterocycles. The predicted octanol–water partition coefficient (Wildman–Crippen LogP) is 2.57. The van der Waals surface area contributed by atoms with Crippen LogP contribution in [0.4, 0.5) is 4.79 Å². The van der Waals surface area contributed by atoms with Crippen molar-refractivity contribution in [3.8, 4) is 5.75 Å². The van der Waals surface area contributed by atoms with E-state index in [1.54, 1.807) is 6.92 Å². The summed E-state index contributed by atoms with van der Waals surface area (Å²) in [6.45, 7) is 2.84. The van der Waals surface area contributed by atoms with Gasteiger partial charge in [-0.25, -0.2) is 4.79 Å². The van der Waals surface area contributed by atoms with E-state index < -0.39 is 16.3 Å². The van der Waals surface area contributed by atoms with Gasteiger partial charge < -0.3 is 14.4 Å². The van der Waals surface area contributed by atoms with E-state index in [4.69, 9.17) is 4.55 Å². The molecular weight excluding hydrogens is 381 g/mol. The summed E-state index contributed by atoms with van der Waals surface area (Å²) in [7, 11) is -0.0772. The topological polar surface area (TPSA) is 93.1 Å². The molecule has 27 heavy (non-hydrogen) atoms. The monoisotopic (exact) mass is 405 g/mol. The van der Waals surface area contributed by atoms with E-state index in [9.17, 15) is 13.2 Å². The molecule has 0 aliphatic rings. The molecule has 2 aromatic rings. The second-order valence-electron chi connectivity index (χ2n) is 5.45. The van der Waals surface area contributed by atoms with Gasteiger partial charge in [-0.2, -0.15) is 8.42 Å². The SMILES string of the molecule is CCOC(=O)Oc1ccc(S(=O)(=O)O)cc1.CN(C)Cc1ccccc1.[NaH]. The zero-order valence-corrected chi connectivity index (χ0v) is 15.8. The third-order valence-corrected chi connectivity index (χ3v) is 3.79. The molecule has 0 unspecified atom stereocenters. The fraction of sp³-hybridized carbons (Fsp3) is 0.278. The normalized spacial score (nSPS) is 10.3. The van der Waals surface area contributed by atoms with Crippen molar-refractivity contribution in [1.82, 2.24) is 4.90 Å². The standard InChI is InChI=1S/C9H13N.C9H10O6S.Na.H/c1-10(2)8-9-6-4-3-5-7-9;1-2-14-9(10)15-7-3-5-8(6-4-7)16(11,12)13;;/h3-7H,8H2,1-2H3;3-6H,2H2,1H3,(H,11,12,13);;. The quantitative estimate of drug-likeness (QED) is 0.354. The first-order valence-electron chi connectivity index (χ1n) is 7.83. The van der Waals surface area contributed by atoms with Crippen molar-refractivity contribution in [2.45, 2.75) is 18.4 Å². The Bertz CT molecular complexity index is 779. The molecule has 0 aliphatic carbocycles. The van der Waals surface area contributed by atoms with Crippen LogP contribution < -0.4 is 4.74 Å². The molecule has 144 valence electrons. The molecule has 0 saturated carbocycles. The van der Waals surface area contributed by atoms with Crippen LogP contribution in [0.2, 0.25) is 0 Å². The summed E-state index contributed by atoms with van der Waals surface area (Å²) < 4.78 is 39.3. The van der Waals surface area contributed by atoms with E-state index in [0.29, 0.717) is 0 Å². The van der Waals surface area contributed by atoms with Crippen LogP contribution in [0.25, 0.3) is 0 Å². The van der Waals surface area contributed by atoms with E-state index >= 15 is 0 Å². The number of ether oxygens (including phenoxy) is 2.